The van der Waals surface area contributed by atoms with Gasteiger partial charge in [-0.25, -0.2) is 4.98 Å². The average Bonchev–Trinajstić information content (AvgIpc) is 2.76. The van der Waals surface area contributed by atoms with Crippen LogP contribution in [0.25, 0.3) is 0 Å². The number of hydrogen-bond donors (Lipinski definition) is 1. The van der Waals surface area contributed by atoms with Crippen LogP contribution in [0.15, 0.2) is 5.38 Å². The normalized spacial score (nSPS) is 17.5. The fraction of sp³-hybridized carbons (Fsp3) is 0.643. The number of nitrogens with zero attached hydrogens (tertiary/aromatic N) is 1. The van der Waals surface area contributed by atoms with Crippen molar-refractivity contribution in [3.05, 3.63) is 11.1 Å². The molecule has 4 nitrogen and oxygen atoms in total. The van der Waals surface area contributed by atoms with Gasteiger partial charge in [-0.3, -0.25) is 9.59 Å². The molecule has 0 radical (unpaired) electrons. The van der Waals surface area contributed by atoms with E-state index < -0.39 is 0 Å². The van der Waals surface area contributed by atoms with E-state index in [9.17, 15) is 9.59 Å². The number of Topliss-reactive ketones (excluding diaryl/α,β-unsaturated/α-hetero) is 1. The maximum atomic E-state index is 12.2. The third-order valence-corrected chi connectivity index (χ3v) is 4.33. The monoisotopic (exact) mass is 280 g/mol. The van der Waals surface area contributed by atoms with E-state index in [2.05, 4.69) is 10.3 Å². The molecule has 104 valence electrons. The lowest BCUT2D eigenvalue weighted by Gasteiger charge is -2.18. The molecule has 1 heterocycles. The van der Waals surface area contributed by atoms with Gasteiger partial charge in [0, 0.05) is 18.2 Å². The van der Waals surface area contributed by atoms with Gasteiger partial charge in [0.05, 0.1) is 0 Å². The molecule has 1 N–H and O–H groups in total. The Bertz CT molecular complexity index is 448. The summed E-state index contributed by atoms with van der Waals surface area (Å²) < 4.78 is 0. The molecular formula is C14H20N2O2S. The first kappa shape index (κ1) is 14.2. The van der Waals surface area contributed by atoms with E-state index in [4.69, 9.17) is 0 Å². The summed E-state index contributed by atoms with van der Waals surface area (Å²) in [6.07, 6.45) is 7.96. The van der Waals surface area contributed by atoms with E-state index in [-0.39, 0.29) is 17.6 Å². The Labute approximate surface area is 117 Å². The Balaban J connectivity index is 1.92. The van der Waals surface area contributed by atoms with Crippen LogP contribution in [0.4, 0.5) is 5.13 Å². The Morgan fingerprint density at radius 1 is 1.21 bits per heavy atom. The number of anilines is 1. The Morgan fingerprint density at radius 3 is 2.42 bits per heavy atom. The van der Waals surface area contributed by atoms with Gasteiger partial charge < -0.3 is 5.32 Å². The van der Waals surface area contributed by atoms with Crippen molar-refractivity contribution in [3.8, 4) is 0 Å². The van der Waals surface area contributed by atoms with Crippen LogP contribution in [0.2, 0.25) is 0 Å². The molecule has 19 heavy (non-hydrogen) atoms. The number of ketones is 1. The largest absolute Gasteiger partial charge is 0.302 e. The second-order valence-electron chi connectivity index (χ2n) is 5.13. The number of rotatable bonds is 3. The van der Waals surface area contributed by atoms with E-state index in [1.165, 1.54) is 37.5 Å². The molecule has 1 fully saturated rings. The molecular weight excluding hydrogens is 260 g/mol. The summed E-state index contributed by atoms with van der Waals surface area (Å²) in [5.41, 5.74) is 0.429. The lowest BCUT2D eigenvalue weighted by molar-refractivity contribution is -0.120. The Kier molecular flexibility index (Phi) is 5.07. The smallest absolute Gasteiger partial charge is 0.229 e. The Morgan fingerprint density at radius 2 is 1.84 bits per heavy atom. The zero-order chi connectivity index (χ0) is 13.7. The first-order valence-corrected chi connectivity index (χ1v) is 7.82. The number of carbonyl (C=O) groups excluding carboxylic acids is 2. The highest BCUT2D eigenvalue weighted by molar-refractivity contribution is 7.14. The highest BCUT2D eigenvalue weighted by Gasteiger charge is 2.20. The summed E-state index contributed by atoms with van der Waals surface area (Å²) in [7, 11) is 0. The third kappa shape index (κ3) is 4.13. The number of aromatic nitrogens is 1. The molecule has 1 amide bonds. The summed E-state index contributed by atoms with van der Waals surface area (Å²) in [6.45, 7) is 1.48. The van der Waals surface area contributed by atoms with Crippen molar-refractivity contribution < 1.29 is 9.59 Å². The van der Waals surface area contributed by atoms with Crippen LogP contribution in [-0.4, -0.2) is 16.7 Å². The number of thiazole rings is 1. The molecule has 1 aromatic rings. The highest BCUT2D eigenvalue weighted by Crippen LogP contribution is 2.24. The van der Waals surface area contributed by atoms with Crippen molar-refractivity contribution in [1.29, 1.82) is 0 Å². The van der Waals surface area contributed by atoms with Crippen LogP contribution in [0.5, 0.6) is 0 Å². The van der Waals surface area contributed by atoms with Gasteiger partial charge in [-0.1, -0.05) is 32.1 Å². The van der Waals surface area contributed by atoms with Gasteiger partial charge in [0.25, 0.3) is 0 Å². The lowest BCUT2D eigenvalue weighted by atomic mass is 9.90. The minimum absolute atomic E-state index is 0.0614. The van der Waals surface area contributed by atoms with Crippen molar-refractivity contribution in [2.45, 2.75) is 51.9 Å². The first-order valence-electron chi connectivity index (χ1n) is 6.94. The number of nitrogens with one attached hydrogen (secondary N) is 1. The molecule has 0 bridgehead atoms. The van der Waals surface area contributed by atoms with Crippen molar-refractivity contribution in [3.63, 3.8) is 0 Å². The molecule has 0 aliphatic heterocycles. The molecule has 5 heteroatoms. The molecule has 0 aromatic carbocycles. The summed E-state index contributed by atoms with van der Waals surface area (Å²) in [5.74, 6) is 0.0963. The summed E-state index contributed by atoms with van der Waals surface area (Å²) >= 11 is 1.32. The predicted molar refractivity (Wildman–Crippen MR) is 76.6 cm³/mol. The number of carbonyl (C=O) groups is 2. The predicted octanol–water partition coefficient (Wildman–Crippen LogP) is 3.64. The van der Waals surface area contributed by atoms with E-state index >= 15 is 0 Å². The fourth-order valence-electron chi connectivity index (χ4n) is 2.42. The van der Waals surface area contributed by atoms with Crippen LogP contribution in [0, 0.1) is 5.92 Å². The second kappa shape index (κ2) is 6.80. The fourth-order valence-corrected chi connectivity index (χ4v) is 3.17. The van der Waals surface area contributed by atoms with Gasteiger partial charge in [-0.15, -0.1) is 11.3 Å². The number of amides is 1. The van der Waals surface area contributed by atoms with Gasteiger partial charge >= 0.3 is 0 Å². The van der Waals surface area contributed by atoms with Crippen LogP contribution >= 0.6 is 11.3 Å². The van der Waals surface area contributed by atoms with E-state index in [1.54, 1.807) is 5.38 Å². The molecule has 1 saturated carbocycles. The van der Waals surface area contributed by atoms with Crippen molar-refractivity contribution >= 4 is 28.2 Å². The zero-order valence-corrected chi connectivity index (χ0v) is 12.1. The molecule has 2 rings (SSSR count). The maximum Gasteiger partial charge on any atom is 0.229 e. The summed E-state index contributed by atoms with van der Waals surface area (Å²) in [6, 6.07) is 0. The van der Waals surface area contributed by atoms with Crippen molar-refractivity contribution in [2.24, 2.45) is 5.92 Å². The van der Waals surface area contributed by atoms with E-state index in [0.717, 1.165) is 25.7 Å². The van der Waals surface area contributed by atoms with E-state index in [0.29, 0.717) is 10.8 Å². The van der Waals surface area contributed by atoms with Gasteiger partial charge in [0.1, 0.15) is 5.69 Å². The third-order valence-electron chi connectivity index (χ3n) is 3.57. The topological polar surface area (TPSA) is 59.1 Å². The SMILES string of the molecule is CC(=O)c1csc(NC(=O)C2CCCCCCC2)n1. The first-order chi connectivity index (χ1) is 9.16. The minimum atomic E-state index is -0.0669. The molecule has 0 saturated heterocycles. The van der Waals surface area contributed by atoms with Gasteiger partial charge in [0.2, 0.25) is 5.91 Å². The zero-order valence-electron chi connectivity index (χ0n) is 11.3. The molecule has 0 atom stereocenters. The molecule has 0 spiro atoms. The molecule has 0 unspecified atom stereocenters. The minimum Gasteiger partial charge on any atom is -0.302 e. The van der Waals surface area contributed by atoms with Gasteiger partial charge in [-0.2, -0.15) is 0 Å². The van der Waals surface area contributed by atoms with Crippen LogP contribution in [-0.2, 0) is 4.79 Å². The van der Waals surface area contributed by atoms with Gasteiger partial charge in [-0.05, 0) is 12.8 Å². The summed E-state index contributed by atoms with van der Waals surface area (Å²) in [5, 5.41) is 5.08. The molecule has 1 aliphatic rings. The quantitative estimate of drug-likeness (QED) is 0.860. The van der Waals surface area contributed by atoms with Crippen LogP contribution in [0.3, 0.4) is 0 Å². The number of hydrogen-bond acceptors (Lipinski definition) is 4. The van der Waals surface area contributed by atoms with Crippen molar-refractivity contribution in [1.82, 2.24) is 4.98 Å². The average molecular weight is 280 g/mol. The Hall–Kier alpha value is -1.23. The second-order valence-corrected chi connectivity index (χ2v) is 5.98. The molecule has 1 aromatic heterocycles. The highest BCUT2D eigenvalue weighted by atomic mass is 32.1. The van der Waals surface area contributed by atoms with Crippen LogP contribution < -0.4 is 5.32 Å². The van der Waals surface area contributed by atoms with Crippen molar-refractivity contribution in [2.75, 3.05) is 5.32 Å². The standard InChI is InChI=1S/C14H20N2O2S/c1-10(17)12-9-19-14(15-12)16-13(18)11-7-5-3-2-4-6-8-11/h9,11H,2-8H2,1H3,(H,15,16,18). The lowest BCUT2D eigenvalue weighted by Crippen LogP contribution is -2.23. The molecule has 1 aliphatic carbocycles. The maximum absolute atomic E-state index is 12.2. The van der Waals surface area contributed by atoms with E-state index in [1.807, 2.05) is 0 Å². The van der Waals surface area contributed by atoms with Crippen LogP contribution in [0.1, 0.15) is 62.4 Å². The summed E-state index contributed by atoms with van der Waals surface area (Å²) in [4.78, 5) is 27.5. The van der Waals surface area contributed by atoms with Gasteiger partial charge in [0.15, 0.2) is 10.9 Å².